The average Bonchev–Trinajstić information content (AvgIpc) is 2.61. The van der Waals surface area contributed by atoms with Gasteiger partial charge in [0, 0.05) is 27.9 Å². The fourth-order valence-corrected chi connectivity index (χ4v) is 2.83. The number of halogens is 2. The highest BCUT2D eigenvalue weighted by atomic mass is 35.5. The van der Waals surface area contributed by atoms with E-state index in [1.54, 1.807) is 44.6 Å². The largest absolute Gasteiger partial charge is 0.497 e. The van der Waals surface area contributed by atoms with Crippen molar-refractivity contribution in [1.29, 1.82) is 0 Å². The van der Waals surface area contributed by atoms with E-state index in [-0.39, 0.29) is 0 Å². The van der Waals surface area contributed by atoms with Crippen molar-refractivity contribution in [3.05, 3.63) is 58.8 Å². The Labute approximate surface area is 161 Å². The van der Waals surface area contributed by atoms with E-state index in [0.29, 0.717) is 33.2 Å². The predicted octanol–water partition coefficient (Wildman–Crippen LogP) is 5.29. The predicted molar refractivity (Wildman–Crippen MR) is 105 cm³/mol. The molecule has 0 aliphatic carbocycles. The van der Waals surface area contributed by atoms with Crippen molar-refractivity contribution in [2.75, 3.05) is 24.9 Å². The van der Waals surface area contributed by atoms with Crippen LogP contribution in [-0.4, -0.2) is 24.2 Å². The van der Waals surface area contributed by atoms with Gasteiger partial charge in [0.15, 0.2) is 0 Å². The van der Waals surface area contributed by atoms with Gasteiger partial charge in [0.2, 0.25) is 0 Å². The van der Waals surface area contributed by atoms with E-state index in [0.717, 1.165) is 11.4 Å². The molecule has 0 aliphatic rings. The molecule has 6 nitrogen and oxygen atoms in total. The Balaban J connectivity index is 1.81. The lowest BCUT2D eigenvalue weighted by atomic mass is 10.2. The lowest BCUT2D eigenvalue weighted by molar-refractivity contribution is 0.395. The van der Waals surface area contributed by atoms with E-state index in [9.17, 15) is 0 Å². The Kier molecular flexibility index (Phi) is 5.65. The van der Waals surface area contributed by atoms with Gasteiger partial charge in [0.05, 0.1) is 19.9 Å². The number of ether oxygens (including phenoxy) is 2. The average molecular weight is 391 g/mol. The van der Waals surface area contributed by atoms with Crippen molar-refractivity contribution in [2.45, 2.75) is 0 Å². The Bertz CT molecular complexity index is 901. The van der Waals surface area contributed by atoms with Crippen LogP contribution in [0.5, 0.6) is 11.5 Å². The molecule has 0 spiro atoms. The summed E-state index contributed by atoms with van der Waals surface area (Å²) in [4.78, 5) is 8.43. The first-order chi connectivity index (χ1) is 12.6. The van der Waals surface area contributed by atoms with Gasteiger partial charge < -0.3 is 20.1 Å². The number of rotatable bonds is 6. The highest BCUT2D eigenvalue weighted by Gasteiger charge is 2.07. The van der Waals surface area contributed by atoms with Crippen molar-refractivity contribution in [3.8, 4) is 11.5 Å². The van der Waals surface area contributed by atoms with Crippen molar-refractivity contribution < 1.29 is 9.47 Å². The van der Waals surface area contributed by atoms with Crippen LogP contribution in [0.1, 0.15) is 0 Å². The molecule has 3 rings (SSSR count). The standard InChI is InChI=1S/C18H16Cl2N4O2/c1-25-14-3-4-15(16(8-14)26-2)24-18-9-17(21-10-22-18)23-13-6-11(19)5-12(20)7-13/h3-10H,1-2H3,(H2,21,22,23,24). The van der Waals surface area contributed by atoms with Crippen LogP contribution in [0.2, 0.25) is 10.0 Å². The SMILES string of the molecule is COc1ccc(Nc2cc(Nc3cc(Cl)cc(Cl)c3)ncn2)c(OC)c1. The fourth-order valence-electron chi connectivity index (χ4n) is 2.31. The molecule has 26 heavy (non-hydrogen) atoms. The Morgan fingerprint density at radius 1 is 0.808 bits per heavy atom. The van der Waals surface area contributed by atoms with Crippen LogP contribution in [0, 0.1) is 0 Å². The maximum atomic E-state index is 6.02. The highest BCUT2D eigenvalue weighted by molar-refractivity contribution is 6.35. The summed E-state index contributed by atoms with van der Waals surface area (Å²) in [6.45, 7) is 0. The van der Waals surface area contributed by atoms with Crippen molar-refractivity contribution in [1.82, 2.24) is 9.97 Å². The zero-order valence-electron chi connectivity index (χ0n) is 14.1. The summed E-state index contributed by atoms with van der Waals surface area (Å²) in [5.74, 6) is 2.53. The molecule has 1 heterocycles. The summed E-state index contributed by atoms with van der Waals surface area (Å²) in [5.41, 5.74) is 1.48. The molecule has 0 bridgehead atoms. The molecule has 0 amide bonds. The molecule has 134 valence electrons. The second-order valence-electron chi connectivity index (χ2n) is 5.26. The molecule has 0 radical (unpaired) electrons. The molecule has 2 N–H and O–H groups in total. The molecule has 0 aliphatic heterocycles. The van der Waals surface area contributed by atoms with Crippen molar-refractivity contribution in [2.24, 2.45) is 0 Å². The van der Waals surface area contributed by atoms with Crippen molar-refractivity contribution >= 4 is 46.2 Å². The van der Waals surface area contributed by atoms with E-state index >= 15 is 0 Å². The van der Waals surface area contributed by atoms with Crippen LogP contribution < -0.4 is 20.1 Å². The van der Waals surface area contributed by atoms with Gasteiger partial charge in [-0.3, -0.25) is 0 Å². The number of aromatic nitrogens is 2. The molecule has 0 unspecified atom stereocenters. The van der Waals surface area contributed by atoms with E-state index in [2.05, 4.69) is 20.6 Å². The van der Waals surface area contributed by atoms with Gasteiger partial charge in [-0.1, -0.05) is 23.2 Å². The second-order valence-corrected chi connectivity index (χ2v) is 6.14. The first-order valence-corrected chi connectivity index (χ1v) is 8.37. The first-order valence-electron chi connectivity index (χ1n) is 7.61. The molecule has 8 heteroatoms. The lowest BCUT2D eigenvalue weighted by Crippen LogP contribution is -2.00. The number of benzene rings is 2. The van der Waals surface area contributed by atoms with Gasteiger partial charge in [0.25, 0.3) is 0 Å². The van der Waals surface area contributed by atoms with Crippen LogP contribution in [0.3, 0.4) is 0 Å². The Hall–Kier alpha value is -2.70. The van der Waals surface area contributed by atoms with Gasteiger partial charge >= 0.3 is 0 Å². The highest BCUT2D eigenvalue weighted by Crippen LogP contribution is 2.31. The number of nitrogens with one attached hydrogen (secondary N) is 2. The summed E-state index contributed by atoms with van der Waals surface area (Å²) in [7, 11) is 3.20. The number of nitrogens with zero attached hydrogens (tertiary/aromatic N) is 2. The summed E-state index contributed by atoms with van der Waals surface area (Å²) in [6.07, 6.45) is 1.45. The zero-order valence-corrected chi connectivity index (χ0v) is 15.6. The number of anilines is 4. The third kappa shape index (κ3) is 4.47. The second kappa shape index (κ2) is 8.12. The maximum Gasteiger partial charge on any atom is 0.146 e. The Morgan fingerprint density at radius 2 is 1.50 bits per heavy atom. The number of methoxy groups -OCH3 is 2. The van der Waals surface area contributed by atoms with Crippen LogP contribution in [0.25, 0.3) is 0 Å². The number of hydrogen-bond donors (Lipinski definition) is 2. The quantitative estimate of drug-likeness (QED) is 0.595. The monoisotopic (exact) mass is 390 g/mol. The normalized spacial score (nSPS) is 10.3. The van der Waals surface area contributed by atoms with Crippen LogP contribution >= 0.6 is 23.2 Å². The topological polar surface area (TPSA) is 68.3 Å². The lowest BCUT2D eigenvalue weighted by Gasteiger charge is -2.13. The third-order valence-corrected chi connectivity index (χ3v) is 3.91. The van der Waals surface area contributed by atoms with Gasteiger partial charge in [0.1, 0.15) is 29.5 Å². The minimum absolute atomic E-state index is 0.537. The van der Waals surface area contributed by atoms with Crippen LogP contribution in [0.15, 0.2) is 48.8 Å². The van der Waals surface area contributed by atoms with E-state index in [1.807, 2.05) is 12.1 Å². The van der Waals surface area contributed by atoms with Gasteiger partial charge in [-0.05, 0) is 30.3 Å². The van der Waals surface area contributed by atoms with E-state index < -0.39 is 0 Å². The number of hydrogen-bond acceptors (Lipinski definition) is 6. The summed E-state index contributed by atoms with van der Waals surface area (Å²) in [5, 5.41) is 7.42. The first kappa shape index (κ1) is 18.1. The summed E-state index contributed by atoms with van der Waals surface area (Å²) < 4.78 is 10.6. The van der Waals surface area contributed by atoms with Gasteiger partial charge in [-0.15, -0.1) is 0 Å². The molecule has 0 saturated carbocycles. The molecular weight excluding hydrogens is 375 g/mol. The molecule has 3 aromatic rings. The maximum absolute atomic E-state index is 6.02. The fraction of sp³-hybridized carbons (Fsp3) is 0.111. The zero-order chi connectivity index (χ0) is 18.5. The smallest absolute Gasteiger partial charge is 0.146 e. The third-order valence-electron chi connectivity index (χ3n) is 3.47. The van der Waals surface area contributed by atoms with Crippen LogP contribution in [0.4, 0.5) is 23.0 Å². The van der Waals surface area contributed by atoms with Crippen molar-refractivity contribution in [3.63, 3.8) is 0 Å². The summed E-state index contributed by atoms with van der Waals surface area (Å²) >= 11 is 12.0. The minimum atomic E-state index is 0.537. The summed E-state index contributed by atoms with van der Waals surface area (Å²) in [6, 6.07) is 12.4. The van der Waals surface area contributed by atoms with Crippen LogP contribution in [-0.2, 0) is 0 Å². The van der Waals surface area contributed by atoms with Gasteiger partial charge in [-0.2, -0.15) is 0 Å². The molecule has 0 fully saturated rings. The molecule has 0 saturated heterocycles. The minimum Gasteiger partial charge on any atom is -0.497 e. The molecular formula is C18H16Cl2N4O2. The van der Waals surface area contributed by atoms with Gasteiger partial charge in [-0.25, -0.2) is 9.97 Å². The van der Waals surface area contributed by atoms with E-state index in [4.69, 9.17) is 32.7 Å². The van der Waals surface area contributed by atoms with E-state index in [1.165, 1.54) is 6.33 Å². The molecule has 0 atom stereocenters. The molecule has 2 aromatic carbocycles. The molecule has 1 aromatic heterocycles. The Morgan fingerprint density at radius 3 is 2.15 bits per heavy atom.